The minimum absolute atomic E-state index is 0.133. The van der Waals surface area contributed by atoms with Crippen LogP contribution in [0.1, 0.15) is 45.2 Å². The Morgan fingerprint density at radius 3 is 2.45 bits per heavy atom. The van der Waals surface area contributed by atoms with Crippen molar-refractivity contribution in [2.45, 2.75) is 39.7 Å². The van der Waals surface area contributed by atoms with E-state index in [2.05, 4.69) is 31.0 Å². The Labute approximate surface area is 121 Å². The molecule has 20 heavy (non-hydrogen) atoms. The van der Waals surface area contributed by atoms with E-state index >= 15 is 0 Å². The molecule has 1 unspecified atom stereocenters. The van der Waals surface area contributed by atoms with Crippen LogP contribution in [0, 0.1) is 11.6 Å². The number of halogens is 2. The van der Waals surface area contributed by atoms with Crippen molar-refractivity contribution in [1.29, 1.82) is 0 Å². The van der Waals surface area contributed by atoms with Gasteiger partial charge in [-0.15, -0.1) is 0 Å². The third-order valence-corrected chi connectivity index (χ3v) is 3.60. The summed E-state index contributed by atoms with van der Waals surface area (Å²) in [5.74, 6) is -0.716. The molecule has 0 aliphatic rings. The fourth-order valence-electron chi connectivity index (χ4n) is 2.32. The lowest BCUT2D eigenvalue weighted by Gasteiger charge is -2.24. The summed E-state index contributed by atoms with van der Waals surface area (Å²) in [5.41, 5.74) is 0.436. The molecule has 114 valence electrons. The molecule has 0 amide bonds. The van der Waals surface area contributed by atoms with Gasteiger partial charge < -0.3 is 10.2 Å². The Morgan fingerprint density at radius 1 is 1.15 bits per heavy atom. The van der Waals surface area contributed by atoms with E-state index in [-0.39, 0.29) is 17.7 Å². The highest BCUT2D eigenvalue weighted by molar-refractivity contribution is 5.22. The Kier molecular flexibility index (Phi) is 7.70. The lowest BCUT2D eigenvalue weighted by molar-refractivity contribution is 0.280. The highest BCUT2D eigenvalue weighted by Gasteiger charge is 2.16. The number of hydrogen-bond acceptors (Lipinski definition) is 2. The second kappa shape index (κ2) is 9.03. The summed E-state index contributed by atoms with van der Waals surface area (Å²) in [6.45, 7) is 9.92. The summed E-state index contributed by atoms with van der Waals surface area (Å²) in [7, 11) is 0. The molecule has 0 bridgehead atoms. The highest BCUT2D eigenvalue weighted by Crippen LogP contribution is 2.22. The van der Waals surface area contributed by atoms with Crippen LogP contribution in [-0.4, -0.2) is 31.1 Å². The van der Waals surface area contributed by atoms with Crippen LogP contribution >= 0.6 is 0 Å². The van der Waals surface area contributed by atoms with Gasteiger partial charge in [0.05, 0.1) is 0 Å². The fraction of sp³-hybridized carbons (Fsp3) is 0.625. The van der Waals surface area contributed by atoms with Crippen LogP contribution in [0.5, 0.6) is 0 Å². The molecule has 0 aromatic heterocycles. The maximum absolute atomic E-state index is 13.9. The summed E-state index contributed by atoms with van der Waals surface area (Å²) < 4.78 is 27.3. The SMILES string of the molecule is CCCNC(CCN(CC)CC)c1cc(F)ccc1F. The average Bonchev–Trinajstić information content (AvgIpc) is 2.46. The van der Waals surface area contributed by atoms with E-state index in [0.717, 1.165) is 39.0 Å². The first-order chi connectivity index (χ1) is 9.62. The molecule has 0 saturated carbocycles. The topological polar surface area (TPSA) is 15.3 Å². The van der Waals surface area contributed by atoms with Gasteiger partial charge in [-0.25, -0.2) is 8.78 Å². The molecule has 1 aromatic carbocycles. The molecule has 1 N–H and O–H groups in total. The molecular weight excluding hydrogens is 258 g/mol. The van der Waals surface area contributed by atoms with E-state index in [4.69, 9.17) is 0 Å². The fourth-order valence-corrected chi connectivity index (χ4v) is 2.32. The number of nitrogens with one attached hydrogen (secondary N) is 1. The molecule has 2 nitrogen and oxygen atoms in total. The maximum atomic E-state index is 13.9. The molecule has 0 spiro atoms. The Morgan fingerprint density at radius 2 is 1.85 bits per heavy atom. The van der Waals surface area contributed by atoms with Gasteiger partial charge in [0.15, 0.2) is 0 Å². The lowest BCUT2D eigenvalue weighted by atomic mass is 10.0. The Bertz CT molecular complexity index is 392. The van der Waals surface area contributed by atoms with Gasteiger partial charge in [0.1, 0.15) is 11.6 Å². The minimum Gasteiger partial charge on any atom is -0.310 e. The smallest absolute Gasteiger partial charge is 0.128 e. The average molecular weight is 284 g/mol. The molecule has 4 heteroatoms. The van der Waals surface area contributed by atoms with Crippen molar-refractivity contribution < 1.29 is 8.78 Å². The van der Waals surface area contributed by atoms with Gasteiger partial charge in [-0.3, -0.25) is 0 Å². The zero-order chi connectivity index (χ0) is 15.0. The zero-order valence-electron chi connectivity index (χ0n) is 12.8. The second-order valence-corrected chi connectivity index (χ2v) is 4.99. The van der Waals surface area contributed by atoms with Gasteiger partial charge in [0.2, 0.25) is 0 Å². The largest absolute Gasteiger partial charge is 0.310 e. The number of hydrogen-bond donors (Lipinski definition) is 1. The minimum atomic E-state index is -0.382. The molecule has 0 aliphatic heterocycles. The summed E-state index contributed by atoms with van der Waals surface area (Å²) >= 11 is 0. The summed E-state index contributed by atoms with van der Waals surface area (Å²) in [4.78, 5) is 2.29. The Balaban J connectivity index is 2.79. The molecule has 0 saturated heterocycles. The van der Waals surface area contributed by atoms with Crippen LogP contribution in [-0.2, 0) is 0 Å². The second-order valence-electron chi connectivity index (χ2n) is 4.99. The Hall–Kier alpha value is -1.00. The van der Waals surface area contributed by atoms with E-state index in [1.165, 1.54) is 18.2 Å². The normalized spacial score (nSPS) is 12.9. The van der Waals surface area contributed by atoms with Crippen molar-refractivity contribution in [2.75, 3.05) is 26.2 Å². The van der Waals surface area contributed by atoms with Gasteiger partial charge in [-0.2, -0.15) is 0 Å². The molecule has 0 heterocycles. The summed E-state index contributed by atoms with van der Waals surface area (Å²) in [6, 6.07) is 3.56. The monoisotopic (exact) mass is 284 g/mol. The van der Waals surface area contributed by atoms with E-state index in [1.807, 2.05) is 0 Å². The van der Waals surface area contributed by atoms with Crippen LogP contribution in [0.3, 0.4) is 0 Å². The molecule has 1 aromatic rings. The van der Waals surface area contributed by atoms with E-state index in [0.29, 0.717) is 5.56 Å². The van der Waals surface area contributed by atoms with Crippen LogP contribution in [0.4, 0.5) is 8.78 Å². The first-order valence-electron chi connectivity index (χ1n) is 7.53. The van der Waals surface area contributed by atoms with Crippen molar-refractivity contribution in [1.82, 2.24) is 10.2 Å². The van der Waals surface area contributed by atoms with Crippen molar-refractivity contribution in [2.24, 2.45) is 0 Å². The van der Waals surface area contributed by atoms with Gasteiger partial charge in [-0.1, -0.05) is 20.8 Å². The van der Waals surface area contributed by atoms with Crippen molar-refractivity contribution >= 4 is 0 Å². The lowest BCUT2D eigenvalue weighted by Crippen LogP contribution is -2.30. The van der Waals surface area contributed by atoms with Gasteiger partial charge in [0, 0.05) is 11.6 Å². The van der Waals surface area contributed by atoms with Crippen molar-refractivity contribution in [3.8, 4) is 0 Å². The van der Waals surface area contributed by atoms with Crippen LogP contribution in [0.15, 0.2) is 18.2 Å². The van der Waals surface area contributed by atoms with E-state index in [9.17, 15) is 8.78 Å². The molecule has 1 atom stereocenters. The summed E-state index contributed by atoms with van der Waals surface area (Å²) in [5, 5.41) is 3.32. The van der Waals surface area contributed by atoms with Crippen LogP contribution in [0.25, 0.3) is 0 Å². The quantitative estimate of drug-likeness (QED) is 0.743. The standard InChI is InChI=1S/C16H26F2N2/c1-4-10-19-16(9-11-20(5-2)6-3)14-12-13(17)7-8-15(14)18/h7-8,12,16,19H,4-6,9-11H2,1-3H3. The molecule has 0 fully saturated rings. The number of benzene rings is 1. The van der Waals surface area contributed by atoms with Crippen LogP contribution < -0.4 is 5.32 Å². The van der Waals surface area contributed by atoms with Gasteiger partial charge in [-0.05, 0) is 57.2 Å². The predicted molar refractivity (Wildman–Crippen MR) is 79.8 cm³/mol. The molecule has 0 aliphatic carbocycles. The predicted octanol–water partition coefficient (Wildman–Crippen LogP) is 3.74. The third kappa shape index (κ3) is 5.17. The third-order valence-electron chi connectivity index (χ3n) is 3.60. The van der Waals surface area contributed by atoms with Crippen LogP contribution in [0.2, 0.25) is 0 Å². The van der Waals surface area contributed by atoms with E-state index in [1.54, 1.807) is 0 Å². The molecule has 1 rings (SSSR count). The van der Waals surface area contributed by atoms with Gasteiger partial charge >= 0.3 is 0 Å². The highest BCUT2D eigenvalue weighted by atomic mass is 19.1. The maximum Gasteiger partial charge on any atom is 0.128 e. The van der Waals surface area contributed by atoms with Crippen molar-refractivity contribution in [3.05, 3.63) is 35.4 Å². The van der Waals surface area contributed by atoms with Gasteiger partial charge in [0.25, 0.3) is 0 Å². The molecule has 0 radical (unpaired) electrons. The number of rotatable bonds is 9. The van der Waals surface area contributed by atoms with Crippen molar-refractivity contribution in [3.63, 3.8) is 0 Å². The molecular formula is C16H26F2N2. The first-order valence-corrected chi connectivity index (χ1v) is 7.53. The number of nitrogens with zero attached hydrogens (tertiary/aromatic N) is 1. The zero-order valence-corrected chi connectivity index (χ0v) is 12.8. The van der Waals surface area contributed by atoms with E-state index < -0.39 is 0 Å². The summed E-state index contributed by atoms with van der Waals surface area (Å²) in [6.07, 6.45) is 1.75. The first kappa shape index (κ1) is 17.1.